The van der Waals surface area contributed by atoms with E-state index in [1.54, 1.807) is 19.2 Å². The van der Waals surface area contributed by atoms with Crippen LogP contribution in [0.25, 0.3) is 6.08 Å². The van der Waals surface area contributed by atoms with Crippen LogP contribution in [0.2, 0.25) is 0 Å². The molecule has 0 unspecified atom stereocenters. The van der Waals surface area contributed by atoms with E-state index in [0.717, 1.165) is 40.2 Å². The first-order valence-corrected chi connectivity index (χ1v) is 10.2. The summed E-state index contributed by atoms with van der Waals surface area (Å²) in [5, 5.41) is 6.30. The van der Waals surface area contributed by atoms with Gasteiger partial charge in [-0.1, -0.05) is 31.2 Å². The second kappa shape index (κ2) is 9.44. The number of hydrogen-bond donors (Lipinski definition) is 2. The molecule has 0 heterocycles. The maximum Gasteiger partial charge on any atom is 0.259 e. The summed E-state index contributed by atoms with van der Waals surface area (Å²) in [6.45, 7) is 5.94. The largest absolute Gasteiger partial charge is 0.496 e. The Balaban J connectivity index is 1.84. The number of amides is 1. The number of methoxy groups -OCH3 is 1. The summed E-state index contributed by atoms with van der Waals surface area (Å²) < 4.78 is 5.48. The molecule has 0 saturated heterocycles. The molecule has 0 fully saturated rings. The molecule has 5 nitrogen and oxygen atoms in total. The van der Waals surface area contributed by atoms with Crippen LogP contribution in [0.4, 0.5) is 11.4 Å². The Morgan fingerprint density at radius 1 is 1.17 bits per heavy atom. The van der Waals surface area contributed by atoms with Gasteiger partial charge < -0.3 is 15.4 Å². The molecular formula is C25H28N2O3. The Kier molecular flexibility index (Phi) is 6.72. The van der Waals surface area contributed by atoms with E-state index in [4.69, 9.17) is 4.74 Å². The fourth-order valence-corrected chi connectivity index (χ4v) is 3.51. The minimum atomic E-state index is -0.235. The highest BCUT2D eigenvalue weighted by molar-refractivity contribution is 6.07. The van der Waals surface area contributed by atoms with Crippen LogP contribution in [-0.4, -0.2) is 18.8 Å². The molecule has 5 heteroatoms. The number of rotatable bonds is 7. The van der Waals surface area contributed by atoms with Gasteiger partial charge in [0.2, 0.25) is 0 Å². The number of hydrogen-bond acceptors (Lipinski definition) is 4. The van der Waals surface area contributed by atoms with Crippen LogP contribution >= 0.6 is 0 Å². The highest BCUT2D eigenvalue weighted by Gasteiger charge is 2.20. The second-order valence-corrected chi connectivity index (χ2v) is 7.37. The first-order valence-electron chi connectivity index (χ1n) is 10.2. The first kappa shape index (κ1) is 21.4. The molecule has 0 spiro atoms. The summed E-state index contributed by atoms with van der Waals surface area (Å²) in [6, 6.07) is 11.2. The molecule has 156 valence electrons. The number of ether oxygens (including phenoxy) is 1. The van der Waals surface area contributed by atoms with Crippen LogP contribution < -0.4 is 15.4 Å². The van der Waals surface area contributed by atoms with Gasteiger partial charge in [0.25, 0.3) is 5.91 Å². The van der Waals surface area contributed by atoms with E-state index in [-0.39, 0.29) is 11.7 Å². The van der Waals surface area contributed by atoms with Gasteiger partial charge in [0.1, 0.15) is 5.75 Å². The summed E-state index contributed by atoms with van der Waals surface area (Å²) in [6.07, 6.45) is 6.27. The Morgan fingerprint density at radius 2 is 1.97 bits per heavy atom. The molecule has 1 amide bonds. The zero-order chi connectivity index (χ0) is 21.7. The lowest BCUT2D eigenvalue weighted by Gasteiger charge is -2.15. The Hall–Kier alpha value is -3.34. The van der Waals surface area contributed by atoms with Crippen molar-refractivity contribution in [2.45, 2.75) is 40.0 Å². The van der Waals surface area contributed by atoms with Crippen LogP contribution in [0, 0.1) is 6.92 Å². The minimum Gasteiger partial charge on any atom is -0.496 e. The van der Waals surface area contributed by atoms with E-state index < -0.39 is 0 Å². The number of Topliss-reactive ketones (excluding diaryl/α,β-unsaturated/α-hetero) is 1. The maximum atomic E-state index is 13.0. The molecule has 0 bridgehead atoms. The van der Waals surface area contributed by atoms with Gasteiger partial charge >= 0.3 is 0 Å². The van der Waals surface area contributed by atoms with E-state index in [2.05, 4.69) is 23.6 Å². The molecule has 2 N–H and O–H groups in total. The van der Waals surface area contributed by atoms with Crippen molar-refractivity contribution in [2.24, 2.45) is 0 Å². The maximum absolute atomic E-state index is 13.0. The molecule has 30 heavy (non-hydrogen) atoms. The van der Waals surface area contributed by atoms with Crippen molar-refractivity contribution in [3.05, 3.63) is 70.4 Å². The molecule has 0 aliphatic heterocycles. The monoisotopic (exact) mass is 404 g/mol. The summed E-state index contributed by atoms with van der Waals surface area (Å²) in [4.78, 5) is 24.7. The van der Waals surface area contributed by atoms with Crippen LogP contribution in [0.15, 0.2) is 53.7 Å². The van der Waals surface area contributed by atoms with Crippen molar-refractivity contribution in [3.63, 3.8) is 0 Å². The Morgan fingerprint density at radius 3 is 2.63 bits per heavy atom. The van der Waals surface area contributed by atoms with Gasteiger partial charge in [0.05, 0.1) is 12.7 Å². The third kappa shape index (κ3) is 4.62. The normalized spacial score (nSPS) is 13.8. The van der Waals surface area contributed by atoms with Crippen molar-refractivity contribution in [3.8, 4) is 5.75 Å². The lowest BCUT2D eigenvalue weighted by molar-refractivity contribution is -0.114. The topological polar surface area (TPSA) is 67.4 Å². The predicted octanol–water partition coefficient (Wildman–Crippen LogP) is 5.73. The van der Waals surface area contributed by atoms with Crippen LogP contribution in [0.1, 0.15) is 54.6 Å². The quantitative estimate of drug-likeness (QED) is 0.619. The van der Waals surface area contributed by atoms with Gasteiger partial charge in [-0.3, -0.25) is 9.59 Å². The third-order valence-corrected chi connectivity index (χ3v) is 5.31. The molecule has 0 saturated carbocycles. The number of allylic oxidation sites excluding steroid dienone is 3. The summed E-state index contributed by atoms with van der Waals surface area (Å²) >= 11 is 0. The number of ketones is 1. The fraction of sp³-hybridized carbons (Fsp3) is 0.280. The SMILES string of the molecule is CC/C=C\c1c(C)cccc1NC(=O)c1ccc(NC2=C(C)C(=O)CC2)cc1OC. The fourth-order valence-electron chi connectivity index (χ4n) is 3.51. The Labute approximate surface area is 177 Å². The van der Waals surface area contributed by atoms with E-state index in [0.29, 0.717) is 24.2 Å². The van der Waals surface area contributed by atoms with Crippen molar-refractivity contribution < 1.29 is 14.3 Å². The number of nitrogens with one attached hydrogen (secondary N) is 2. The molecule has 0 radical (unpaired) electrons. The van der Waals surface area contributed by atoms with E-state index in [1.165, 1.54) is 0 Å². The minimum absolute atomic E-state index is 0.173. The lowest BCUT2D eigenvalue weighted by atomic mass is 10.0. The molecular weight excluding hydrogens is 376 g/mol. The molecule has 2 aromatic carbocycles. The molecule has 0 aromatic heterocycles. The van der Waals surface area contributed by atoms with Crippen LogP contribution in [-0.2, 0) is 4.79 Å². The van der Waals surface area contributed by atoms with Gasteiger partial charge in [0.15, 0.2) is 5.78 Å². The van der Waals surface area contributed by atoms with Crippen molar-refractivity contribution in [1.29, 1.82) is 0 Å². The molecule has 0 atom stereocenters. The first-order chi connectivity index (χ1) is 14.4. The smallest absolute Gasteiger partial charge is 0.259 e. The average molecular weight is 405 g/mol. The average Bonchev–Trinajstić information content (AvgIpc) is 3.05. The summed E-state index contributed by atoms with van der Waals surface area (Å²) in [5.74, 6) is 0.409. The van der Waals surface area contributed by atoms with Gasteiger partial charge in [-0.2, -0.15) is 0 Å². The zero-order valence-corrected chi connectivity index (χ0v) is 18.0. The summed E-state index contributed by atoms with van der Waals surface area (Å²) in [7, 11) is 1.54. The van der Waals surface area contributed by atoms with Crippen molar-refractivity contribution in [2.75, 3.05) is 17.7 Å². The number of carbonyl (C=O) groups excluding carboxylic acids is 2. The van der Waals surface area contributed by atoms with Gasteiger partial charge in [-0.25, -0.2) is 0 Å². The number of benzene rings is 2. The number of anilines is 2. The van der Waals surface area contributed by atoms with E-state index in [9.17, 15) is 9.59 Å². The van der Waals surface area contributed by atoms with Crippen molar-refractivity contribution in [1.82, 2.24) is 0 Å². The predicted molar refractivity (Wildman–Crippen MR) is 122 cm³/mol. The van der Waals surface area contributed by atoms with Crippen LogP contribution in [0.5, 0.6) is 5.75 Å². The van der Waals surface area contributed by atoms with Gasteiger partial charge in [0, 0.05) is 40.7 Å². The number of aryl methyl sites for hydroxylation is 1. The van der Waals surface area contributed by atoms with Gasteiger partial charge in [-0.05, 0) is 50.5 Å². The molecule has 2 aromatic rings. The molecule has 3 rings (SSSR count). The highest BCUT2D eigenvalue weighted by atomic mass is 16.5. The zero-order valence-electron chi connectivity index (χ0n) is 18.0. The number of carbonyl (C=O) groups is 2. The second-order valence-electron chi connectivity index (χ2n) is 7.37. The molecule has 1 aliphatic carbocycles. The van der Waals surface area contributed by atoms with E-state index >= 15 is 0 Å². The lowest BCUT2D eigenvalue weighted by Crippen LogP contribution is -2.14. The third-order valence-electron chi connectivity index (χ3n) is 5.31. The Bertz CT molecular complexity index is 1030. The van der Waals surface area contributed by atoms with E-state index in [1.807, 2.05) is 44.2 Å². The van der Waals surface area contributed by atoms with Crippen molar-refractivity contribution >= 4 is 29.1 Å². The standard InChI is InChI=1S/C25H28N2O3/c1-5-6-9-19-16(2)8-7-10-22(19)27-25(29)20-12-11-18(15-24(20)30-4)26-21-13-14-23(28)17(21)3/h6-12,15,26H,5,13-14H2,1-4H3,(H,27,29)/b9-6-. The highest BCUT2D eigenvalue weighted by Crippen LogP contribution is 2.29. The van der Waals surface area contributed by atoms with Gasteiger partial charge in [-0.15, -0.1) is 0 Å². The van der Waals surface area contributed by atoms with Crippen LogP contribution in [0.3, 0.4) is 0 Å². The molecule has 1 aliphatic rings. The summed E-state index contributed by atoms with van der Waals surface area (Å²) in [5.41, 5.74) is 5.78.